The van der Waals surface area contributed by atoms with Gasteiger partial charge in [0.05, 0.1) is 0 Å². The van der Waals surface area contributed by atoms with Crippen molar-refractivity contribution in [1.29, 1.82) is 0 Å². The second-order valence-electron chi connectivity index (χ2n) is 15.7. The van der Waals surface area contributed by atoms with Crippen molar-refractivity contribution in [2.45, 2.75) is 146 Å². The van der Waals surface area contributed by atoms with Gasteiger partial charge in [0, 0.05) is 21.6 Å². The van der Waals surface area contributed by atoms with Crippen LogP contribution >= 0.6 is 11.8 Å². The first-order valence-corrected chi connectivity index (χ1v) is 18.7. The van der Waals surface area contributed by atoms with E-state index < -0.39 is 8.24 Å². The minimum Gasteiger partial charge on any atom is -0.314 e. The van der Waals surface area contributed by atoms with Gasteiger partial charge in [-0.05, 0) is 127 Å². The molecule has 1 heterocycles. The summed E-state index contributed by atoms with van der Waals surface area (Å²) in [6.45, 7) is 23.2. The number of rotatable bonds is 2. The molecule has 0 aromatic carbocycles. The topological polar surface area (TPSA) is 3.24 Å². The molecule has 5 aliphatic rings. The van der Waals surface area contributed by atoms with E-state index in [1.165, 1.54) is 19.3 Å². The van der Waals surface area contributed by atoms with Gasteiger partial charge in [-0.2, -0.15) is 11.8 Å². The van der Waals surface area contributed by atoms with Gasteiger partial charge in [-0.25, -0.2) is 0 Å². The third-order valence-corrected chi connectivity index (χ3v) is 18.2. The molecule has 10 atom stereocenters. The molecular formula is C30H55NSSi. The Labute approximate surface area is 212 Å². The minimum atomic E-state index is -1.67. The Balaban J connectivity index is 1.49. The average Bonchev–Trinajstić information content (AvgIpc) is 3.22. The van der Waals surface area contributed by atoms with Crippen molar-refractivity contribution in [3.05, 3.63) is 0 Å². The first-order valence-electron chi connectivity index (χ1n) is 14.8. The van der Waals surface area contributed by atoms with Gasteiger partial charge in [0.1, 0.15) is 8.24 Å². The minimum absolute atomic E-state index is 0.243. The highest BCUT2D eigenvalue weighted by molar-refractivity contribution is 8.00. The molecule has 33 heavy (non-hydrogen) atoms. The molecule has 1 nitrogen and oxygen atoms in total. The predicted molar refractivity (Wildman–Crippen MR) is 149 cm³/mol. The van der Waals surface area contributed by atoms with Crippen molar-refractivity contribution in [2.24, 2.45) is 41.4 Å². The van der Waals surface area contributed by atoms with Crippen LogP contribution in [-0.4, -0.2) is 34.4 Å². The fourth-order valence-electron chi connectivity index (χ4n) is 11.6. The number of fused-ring (bicyclic) bond motifs is 7. The third kappa shape index (κ3) is 4.14. The number of nitrogens with zero attached hydrogens (tertiary/aromatic N) is 1. The van der Waals surface area contributed by atoms with E-state index >= 15 is 0 Å². The molecule has 3 heteroatoms. The number of hydrogen-bond acceptors (Lipinski definition) is 2. The normalized spacial score (nSPS) is 46.0. The highest BCUT2D eigenvalue weighted by Gasteiger charge is 2.63. The molecule has 0 N–H and O–H groups in total. The molecule has 4 aliphatic carbocycles. The molecule has 0 amide bonds. The maximum absolute atomic E-state index is 3.07. The summed E-state index contributed by atoms with van der Waals surface area (Å²) >= 11 is 2.55. The van der Waals surface area contributed by atoms with E-state index in [1.807, 2.05) is 0 Å². The summed E-state index contributed by atoms with van der Waals surface area (Å²) < 4.78 is 3.07. The molecule has 10 unspecified atom stereocenters. The molecule has 190 valence electrons. The standard InChI is InChI=1S/C30H55NSSi/c1-19-18-21-15-17-24-26(23-16-14-20-12-10-11-13-22(20)27(23)32-24)25(21)28(19)33(8,9)31(29(2,3)4)30(5,6)7/h19-28H,10-18H2,1-9H3. The van der Waals surface area contributed by atoms with Crippen LogP contribution in [0, 0.1) is 41.4 Å². The van der Waals surface area contributed by atoms with Crippen LogP contribution in [0.3, 0.4) is 0 Å². The second-order valence-corrected chi connectivity index (χ2v) is 21.5. The fraction of sp³-hybridized carbons (Fsp3) is 1.00. The van der Waals surface area contributed by atoms with Crippen molar-refractivity contribution in [1.82, 2.24) is 4.57 Å². The van der Waals surface area contributed by atoms with Gasteiger partial charge in [-0.1, -0.05) is 39.3 Å². The summed E-state index contributed by atoms with van der Waals surface area (Å²) in [7, 11) is -1.67. The SMILES string of the molecule is CC1CC2CCC3SC4C5CCCCC5CCC4C3C2C1[Si](C)(C)N(C(C)(C)C)C(C)(C)C. The van der Waals surface area contributed by atoms with Gasteiger partial charge in [0.2, 0.25) is 0 Å². The van der Waals surface area contributed by atoms with Crippen LogP contribution in [0.5, 0.6) is 0 Å². The summed E-state index contributed by atoms with van der Waals surface area (Å²) in [6, 6.07) is 0. The fourth-order valence-corrected chi connectivity index (χ4v) is 20.7. The van der Waals surface area contributed by atoms with Crippen molar-refractivity contribution in [3.8, 4) is 0 Å². The quantitative estimate of drug-likeness (QED) is 0.356. The van der Waals surface area contributed by atoms with Crippen molar-refractivity contribution in [3.63, 3.8) is 0 Å². The first kappa shape index (κ1) is 25.2. The van der Waals surface area contributed by atoms with E-state index in [-0.39, 0.29) is 11.1 Å². The molecule has 1 saturated heterocycles. The molecule has 0 aromatic rings. The van der Waals surface area contributed by atoms with E-state index in [0.29, 0.717) is 0 Å². The zero-order valence-electron chi connectivity index (χ0n) is 23.5. The molecule has 1 aliphatic heterocycles. The Kier molecular flexibility index (Phi) is 6.52. The lowest BCUT2D eigenvalue weighted by molar-refractivity contribution is 0.0650. The molecule has 0 spiro atoms. The smallest absolute Gasteiger partial charge is 0.126 e. The summed E-state index contributed by atoms with van der Waals surface area (Å²) in [6.07, 6.45) is 13.9. The van der Waals surface area contributed by atoms with E-state index in [4.69, 9.17) is 0 Å². The predicted octanol–water partition coefficient (Wildman–Crippen LogP) is 8.84. The van der Waals surface area contributed by atoms with Crippen LogP contribution in [-0.2, 0) is 0 Å². The second kappa shape index (κ2) is 8.54. The van der Waals surface area contributed by atoms with Gasteiger partial charge < -0.3 is 4.57 Å². The largest absolute Gasteiger partial charge is 0.314 e. The van der Waals surface area contributed by atoms with E-state index in [0.717, 1.165) is 57.5 Å². The van der Waals surface area contributed by atoms with E-state index in [2.05, 4.69) is 77.9 Å². The Morgan fingerprint density at radius 1 is 0.727 bits per heavy atom. The highest BCUT2D eigenvalue weighted by Crippen LogP contribution is 2.68. The van der Waals surface area contributed by atoms with Crippen molar-refractivity contribution in [2.75, 3.05) is 0 Å². The number of thioether (sulfide) groups is 1. The monoisotopic (exact) mass is 489 g/mol. The highest BCUT2D eigenvalue weighted by atomic mass is 32.2. The maximum Gasteiger partial charge on any atom is 0.126 e. The zero-order valence-corrected chi connectivity index (χ0v) is 25.3. The number of hydrogen-bond donors (Lipinski definition) is 0. The van der Waals surface area contributed by atoms with Gasteiger partial charge in [-0.15, -0.1) is 0 Å². The maximum atomic E-state index is 3.07. The third-order valence-electron chi connectivity index (χ3n) is 11.2. The van der Waals surface area contributed by atoms with Gasteiger partial charge in [-0.3, -0.25) is 0 Å². The van der Waals surface area contributed by atoms with Crippen LogP contribution in [0.25, 0.3) is 0 Å². The molecule has 0 bridgehead atoms. The van der Waals surface area contributed by atoms with Gasteiger partial charge in [0.15, 0.2) is 0 Å². The van der Waals surface area contributed by atoms with Gasteiger partial charge in [0.25, 0.3) is 0 Å². The Bertz CT molecular complexity index is 706. The Morgan fingerprint density at radius 2 is 1.36 bits per heavy atom. The van der Waals surface area contributed by atoms with E-state index in [1.54, 1.807) is 38.5 Å². The molecule has 5 rings (SSSR count). The lowest BCUT2D eigenvalue weighted by Gasteiger charge is -2.59. The molecular weight excluding hydrogens is 434 g/mol. The first-order chi connectivity index (χ1) is 15.3. The van der Waals surface area contributed by atoms with Crippen LogP contribution < -0.4 is 0 Å². The lowest BCUT2D eigenvalue weighted by atomic mass is 9.59. The van der Waals surface area contributed by atoms with Crippen LogP contribution in [0.15, 0.2) is 0 Å². The van der Waals surface area contributed by atoms with Crippen molar-refractivity contribution < 1.29 is 0 Å². The van der Waals surface area contributed by atoms with Gasteiger partial charge >= 0.3 is 0 Å². The summed E-state index contributed by atoms with van der Waals surface area (Å²) in [5, 5.41) is 2.03. The van der Waals surface area contributed by atoms with Crippen molar-refractivity contribution >= 4 is 20.0 Å². The summed E-state index contributed by atoms with van der Waals surface area (Å²) in [4.78, 5) is 0. The average molecular weight is 490 g/mol. The molecule has 5 fully saturated rings. The lowest BCUT2D eigenvalue weighted by Crippen LogP contribution is -2.68. The van der Waals surface area contributed by atoms with Crippen LogP contribution in [0.4, 0.5) is 0 Å². The Hall–Kier alpha value is 0.527. The molecule has 0 radical (unpaired) electrons. The summed E-state index contributed by atoms with van der Waals surface area (Å²) in [5.41, 5.74) is 1.46. The molecule has 4 saturated carbocycles. The van der Waals surface area contributed by atoms with Crippen LogP contribution in [0.2, 0.25) is 18.6 Å². The van der Waals surface area contributed by atoms with E-state index in [9.17, 15) is 0 Å². The molecule has 0 aromatic heterocycles. The summed E-state index contributed by atoms with van der Waals surface area (Å²) in [5.74, 6) is 7.24. The Morgan fingerprint density at radius 3 is 2.03 bits per heavy atom. The zero-order chi connectivity index (χ0) is 23.9. The van der Waals surface area contributed by atoms with Crippen LogP contribution in [0.1, 0.15) is 106 Å².